The van der Waals surface area contributed by atoms with Crippen LogP contribution in [0, 0.1) is 16.7 Å². The molecule has 17 heteroatoms. The molecule has 5 rings (SSSR count). The molecule has 324 valence electrons. The van der Waals surface area contributed by atoms with Gasteiger partial charge in [0.1, 0.15) is 29.5 Å². The first-order valence-corrected chi connectivity index (χ1v) is 19.6. The van der Waals surface area contributed by atoms with E-state index in [2.05, 4.69) is 5.32 Å². The number of hydrogen-bond acceptors (Lipinski definition) is 16. The van der Waals surface area contributed by atoms with Crippen molar-refractivity contribution in [2.24, 2.45) is 16.7 Å². The van der Waals surface area contributed by atoms with Gasteiger partial charge in [-0.05, 0) is 66.0 Å². The van der Waals surface area contributed by atoms with Crippen molar-refractivity contribution >= 4 is 35.8 Å². The van der Waals surface area contributed by atoms with Gasteiger partial charge in [0.15, 0.2) is 23.6 Å². The molecule has 2 heterocycles. The summed E-state index contributed by atoms with van der Waals surface area (Å²) in [5.41, 5.74) is -9.73. The number of ether oxygens (including phenoxy) is 7. The standard InChI is InChI=1S/C41H59NO16/c1-20-24-17-41(51)33(56-27(46)18-37(7,8)53-15-13-12-14-23(29(47)34(49)55-24)42-35(50)58-36(4,5)6)31-39(11,25(45)16-26-40(31,19-52-26)57-22(3)44)32(48)30(54-21(2)43)28(20)38(41,9)10/h12-13,23-26,29-31,33,45,47,51H,14-19H2,1-11H3,(H,42,50)/b13-12+/t23-,24-,25-,26+,29+,30+,31-,33-,39+,40-,41+/m0/s1. The fraction of sp³-hybridized carbons (Fsp3) is 0.756. The molecule has 4 N–H and O–H groups in total. The number of ketones is 1. The number of nitrogens with one attached hydrogen (secondary N) is 1. The largest absolute Gasteiger partial charge is 0.459 e. The summed E-state index contributed by atoms with van der Waals surface area (Å²) in [6, 6.07) is -1.29. The van der Waals surface area contributed by atoms with Gasteiger partial charge >= 0.3 is 30.0 Å². The molecule has 0 radical (unpaired) electrons. The highest BCUT2D eigenvalue weighted by atomic mass is 16.6. The summed E-state index contributed by atoms with van der Waals surface area (Å²) in [4.78, 5) is 82.3. The van der Waals surface area contributed by atoms with Crippen molar-refractivity contribution in [3.63, 3.8) is 0 Å². The average Bonchev–Trinajstić information content (AvgIpc) is 3.06. The van der Waals surface area contributed by atoms with E-state index >= 15 is 4.79 Å². The van der Waals surface area contributed by atoms with Crippen LogP contribution in [0.25, 0.3) is 0 Å². The Balaban J connectivity index is 1.77. The number of aliphatic hydroxyl groups is 3. The third kappa shape index (κ3) is 8.04. The zero-order valence-electron chi connectivity index (χ0n) is 35.2. The molecule has 0 spiro atoms. The quantitative estimate of drug-likeness (QED) is 0.181. The lowest BCUT2D eigenvalue weighted by Crippen LogP contribution is -2.82. The second-order valence-electron chi connectivity index (χ2n) is 18.6. The van der Waals surface area contributed by atoms with Gasteiger partial charge in [-0.1, -0.05) is 26.0 Å². The molecule has 1 amide bonds. The Morgan fingerprint density at radius 2 is 1.62 bits per heavy atom. The highest BCUT2D eigenvalue weighted by Gasteiger charge is 2.78. The number of amides is 1. The van der Waals surface area contributed by atoms with E-state index in [0.29, 0.717) is 0 Å². The molecule has 0 unspecified atom stereocenters. The maximum Gasteiger partial charge on any atom is 0.407 e. The molecule has 1 saturated heterocycles. The smallest absolute Gasteiger partial charge is 0.407 e. The minimum atomic E-state index is -2.36. The monoisotopic (exact) mass is 821 g/mol. The number of hydrogen-bond donors (Lipinski definition) is 4. The van der Waals surface area contributed by atoms with Crippen molar-refractivity contribution in [3.05, 3.63) is 23.3 Å². The van der Waals surface area contributed by atoms with Crippen molar-refractivity contribution in [2.45, 2.75) is 167 Å². The number of rotatable bonds is 3. The van der Waals surface area contributed by atoms with Crippen LogP contribution >= 0.6 is 0 Å². The number of esters is 4. The summed E-state index contributed by atoms with van der Waals surface area (Å²) in [6.45, 7) is 16.1. The van der Waals surface area contributed by atoms with Crippen molar-refractivity contribution in [1.29, 1.82) is 0 Å². The van der Waals surface area contributed by atoms with Crippen LogP contribution in [0.15, 0.2) is 23.3 Å². The number of fused-ring (bicyclic) bond motifs is 6. The molecule has 2 saturated carbocycles. The Bertz CT molecular complexity index is 1760. The molecule has 58 heavy (non-hydrogen) atoms. The van der Waals surface area contributed by atoms with Crippen LogP contribution in [0.4, 0.5) is 4.79 Å². The summed E-state index contributed by atoms with van der Waals surface area (Å²) in [5.74, 6) is -6.17. The Labute approximate surface area is 338 Å². The molecule has 0 aromatic carbocycles. The average molecular weight is 822 g/mol. The van der Waals surface area contributed by atoms with Gasteiger partial charge in [-0.15, -0.1) is 0 Å². The van der Waals surface area contributed by atoms with E-state index in [4.69, 9.17) is 33.2 Å². The van der Waals surface area contributed by atoms with Crippen LogP contribution in [0.5, 0.6) is 0 Å². The van der Waals surface area contributed by atoms with E-state index in [9.17, 15) is 39.3 Å². The Morgan fingerprint density at radius 1 is 0.966 bits per heavy atom. The summed E-state index contributed by atoms with van der Waals surface area (Å²) >= 11 is 0. The van der Waals surface area contributed by atoms with E-state index in [1.807, 2.05) is 0 Å². The minimum absolute atomic E-state index is 0.00289. The van der Waals surface area contributed by atoms with E-state index in [1.54, 1.807) is 60.6 Å². The van der Waals surface area contributed by atoms with Crippen LogP contribution in [-0.2, 0) is 57.1 Å². The van der Waals surface area contributed by atoms with Crippen molar-refractivity contribution in [2.75, 3.05) is 13.2 Å². The van der Waals surface area contributed by atoms with E-state index in [1.165, 1.54) is 13.8 Å². The second-order valence-corrected chi connectivity index (χ2v) is 18.6. The van der Waals surface area contributed by atoms with Gasteiger partial charge in [0, 0.05) is 32.1 Å². The van der Waals surface area contributed by atoms with Gasteiger partial charge in [0.05, 0.1) is 48.7 Å². The molecular formula is C41H59NO16. The number of Topliss-reactive ketones (excluding diaryl/α,β-unsaturated/α-hetero) is 1. The number of alkyl carbamates (subject to hydrolysis) is 1. The zero-order chi connectivity index (χ0) is 43.6. The van der Waals surface area contributed by atoms with Gasteiger partial charge in [-0.3, -0.25) is 19.2 Å². The van der Waals surface area contributed by atoms with Gasteiger partial charge in [-0.2, -0.15) is 0 Å². The van der Waals surface area contributed by atoms with Crippen molar-refractivity contribution in [1.82, 2.24) is 5.32 Å². The maximum absolute atomic E-state index is 15.4. The molecule has 0 aromatic rings. The molecular weight excluding hydrogens is 762 g/mol. The first kappa shape index (κ1) is 45.2. The molecule has 17 nitrogen and oxygen atoms in total. The fourth-order valence-electron chi connectivity index (χ4n) is 9.53. The maximum atomic E-state index is 15.4. The second kappa shape index (κ2) is 15.6. The number of carbonyl (C=O) groups excluding carboxylic acids is 6. The van der Waals surface area contributed by atoms with Gasteiger partial charge < -0.3 is 53.8 Å². The molecule has 3 aliphatic carbocycles. The zero-order valence-corrected chi connectivity index (χ0v) is 35.2. The molecule has 3 bridgehead atoms. The lowest BCUT2D eigenvalue weighted by atomic mass is 9.44. The van der Waals surface area contributed by atoms with E-state index in [0.717, 1.165) is 13.8 Å². The van der Waals surface area contributed by atoms with Crippen LogP contribution in [0.3, 0.4) is 0 Å². The van der Waals surface area contributed by atoms with Crippen LogP contribution in [0.2, 0.25) is 0 Å². The summed E-state index contributed by atoms with van der Waals surface area (Å²) < 4.78 is 41.4. The molecule has 11 atom stereocenters. The predicted molar refractivity (Wildman–Crippen MR) is 200 cm³/mol. The summed E-state index contributed by atoms with van der Waals surface area (Å²) in [6.07, 6.45) is -8.64. The van der Waals surface area contributed by atoms with E-state index < -0.39 is 124 Å². The lowest BCUT2D eigenvalue weighted by Gasteiger charge is -2.67. The number of carbonyl (C=O) groups is 6. The minimum Gasteiger partial charge on any atom is -0.459 e. The highest BCUT2D eigenvalue weighted by molar-refractivity contribution is 5.95. The van der Waals surface area contributed by atoms with Gasteiger partial charge in [0.2, 0.25) is 0 Å². The molecule has 0 aromatic heterocycles. The normalized spacial score (nSPS) is 39.4. The Morgan fingerprint density at radius 3 is 2.19 bits per heavy atom. The number of aliphatic hydroxyl groups excluding tert-OH is 2. The molecule has 5 aliphatic rings. The van der Waals surface area contributed by atoms with Crippen LogP contribution in [0.1, 0.15) is 102 Å². The summed E-state index contributed by atoms with van der Waals surface area (Å²) in [7, 11) is 0. The van der Waals surface area contributed by atoms with Crippen molar-refractivity contribution in [3.8, 4) is 0 Å². The van der Waals surface area contributed by atoms with Gasteiger partial charge in [-0.25, -0.2) is 9.59 Å². The fourth-order valence-corrected chi connectivity index (χ4v) is 9.53. The first-order valence-electron chi connectivity index (χ1n) is 19.6. The third-order valence-electron chi connectivity index (χ3n) is 12.5. The highest BCUT2D eigenvalue weighted by Crippen LogP contribution is 2.64. The van der Waals surface area contributed by atoms with Gasteiger partial charge in [0.25, 0.3) is 0 Å². The van der Waals surface area contributed by atoms with Crippen LogP contribution < -0.4 is 5.32 Å². The lowest BCUT2D eigenvalue weighted by molar-refractivity contribution is -0.347. The Kier molecular flexibility index (Phi) is 12.2. The van der Waals surface area contributed by atoms with E-state index in [-0.39, 0.29) is 43.6 Å². The molecule has 2 aliphatic heterocycles. The topological polar surface area (TPSA) is 240 Å². The third-order valence-corrected chi connectivity index (χ3v) is 12.5. The summed E-state index contributed by atoms with van der Waals surface area (Å²) in [5, 5.41) is 39.5. The molecule has 3 fully saturated rings. The predicted octanol–water partition coefficient (Wildman–Crippen LogP) is 2.29. The Hall–Kier alpha value is -3.90. The first-order chi connectivity index (χ1) is 26.6. The van der Waals surface area contributed by atoms with Crippen LogP contribution in [-0.4, -0.2) is 129 Å². The SMILES string of the molecule is CC(=O)O[C@H]1C(=O)[C@@]2(C)[C@H]([C@@H]3OC(=O)CC(C)(C)OC/C=C/C[C@H](NC(=O)OC(C)(C)C)[C@@H](O)C(=O)O[C@H]4C[C@]3(O)C(C)(C)C1=C4C)[C@]1(OC(C)=O)CO[C@@H]1C[C@@H]2O. The van der Waals surface area contributed by atoms with Crippen molar-refractivity contribution < 1.29 is 77.2 Å².